The van der Waals surface area contributed by atoms with Crippen molar-refractivity contribution in [1.82, 2.24) is 9.62 Å². The van der Waals surface area contributed by atoms with Crippen molar-refractivity contribution < 1.29 is 31.6 Å². The van der Waals surface area contributed by atoms with Crippen molar-refractivity contribution in [3.8, 4) is 0 Å². The molecular formula is C21H24F2N4O5S. The van der Waals surface area contributed by atoms with Gasteiger partial charge in [0.25, 0.3) is 0 Å². The van der Waals surface area contributed by atoms with Crippen LogP contribution in [0.1, 0.15) is 18.4 Å². The Labute approximate surface area is 190 Å². The van der Waals surface area contributed by atoms with Crippen LogP contribution in [0, 0.1) is 17.6 Å². The second kappa shape index (κ2) is 10.7. The summed E-state index contributed by atoms with van der Waals surface area (Å²) in [5.74, 6) is -1.09. The Kier molecular flexibility index (Phi) is 7.95. The van der Waals surface area contributed by atoms with Crippen LogP contribution in [0.3, 0.4) is 0 Å². The van der Waals surface area contributed by atoms with Crippen molar-refractivity contribution >= 4 is 28.2 Å². The Morgan fingerprint density at radius 2 is 1.85 bits per heavy atom. The van der Waals surface area contributed by atoms with E-state index >= 15 is 0 Å². The summed E-state index contributed by atoms with van der Waals surface area (Å²) < 4.78 is 54.2. The van der Waals surface area contributed by atoms with Crippen molar-refractivity contribution in [1.29, 1.82) is 0 Å². The second-order valence-electron chi connectivity index (χ2n) is 7.47. The first-order chi connectivity index (χ1) is 15.8. The van der Waals surface area contributed by atoms with Crippen LogP contribution in [-0.2, 0) is 26.2 Å². The number of hydrogen-bond donors (Lipinski definition) is 2. The first-order valence-electron chi connectivity index (χ1n) is 10.2. The van der Waals surface area contributed by atoms with Crippen molar-refractivity contribution in [3.63, 3.8) is 0 Å². The third-order valence-corrected chi connectivity index (χ3v) is 7.30. The quantitative estimate of drug-likeness (QED) is 0.439. The summed E-state index contributed by atoms with van der Waals surface area (Å²) >= 11 is 0. The van der Waals surface area contributed by atoms with Gasteiger partial charge in [-0.25, -0.2) is 22.0 Å². The topological polar surface area (TPSA) is 122 Å². The molecule has 1 aliphatic rings. The van der Waals surface area contributed by atoms with Gasteiger partial charge < -0.3 is 15.9 Å². The predicted molar refractivity (Wildman–Crippen MR) is 115 cm³/mol. The molecule has 0 saturated carbocycles. The minimum Gasteiger partial charge on any atom is -0.335 e. The number of halogens is 2. The molecule has 0 bridgehead atoms. The highest BCUT2D eigenvalue weighted by Gasteiger charge is 2.29. The third kappa shape index (κ3) is 5.83. The summed E-state index contributed by atoms with van der Waals surface area (Å²) in [5.41, 5.74) is 5.61. The Bertz CT molecular complexity index is 1090. The van der Waals surface area contributed by atoms with Crippen LogP contribution in [0.4, 0.5) is 19.3 Å². The number of nitrogens with one attached hydrogen (secondary N) is 1. The maximum Gasteiger partial charge on any atom is 0.355 e. The number of urea groups is 1. The summed E-state index contributed by atoms with van der Waals surface area (Å²) in [4.78, 5) is 28.1. The number of amides is 2. The molecule has 1 heterocycles. The number of nitrogens with zero attached hydrogens (tertiary/aromatic N) is 2. The fourth-order valence-electron chi connectivity index (χ4n) is 3.48. The molecule has 9 nitrogen and oxygen atoms in total. The summed E-state index contributed by atoms with van der Waals surface area (Å²) in [6.45, 7) is 0.890. The maximum atomic E-state index is 13.8. The lowest BCUT2D eigenvalue weighted by Crippen LogP contribution is -2.40. The van der Waals surface area contributed by atoms with Crippen LogP contribution in [0.15, 0.2) is 47.4 Å². The fourth-order valence-corrected chi connectivity index (χ4v) is 4.95. The number of benzene rings is 2. The maximum absolute atomic E-state index is 13.8. The molecule has 1 fully saturated rings. The van der Waals surface area contributed by atoms with Crippen LogP contribution in [-0.4, -0.2) is 44.9 Å². The number of carbonyl (C=O) groups excluding carboxylic acids is 2. The molecule has 178 valence electrons. The number of sulfonamides is 1. The minimum absolute atomic E-state index is 0.00853. The molecule has 0 atom stereocenters. The van der Waals surface area contributed by atoms with Crippen molar-refractivity contribution in [2.75, 3.05) is 24.7 Å². The van der Waals surface area contributed by atoms with Crippen LogP contribution in [0.5, 0.6) is 0 Å². The molecule has 0 unspecified atom stereocenters. The SMILES string of the molecule is NCC1CCN(S(=O)(=O)c2ccc(N(OC=O)C(=O)NCc3cc(F)ccc3F)cc2)CC1. The molecule has 1 aliphatic heterocycles. The molecule has 33 heavy (non-hydrogen) atoms. The molecule has 2 amide bonds. The lowest BCUT2D eigenvalue weighted by atomic mass is 9.99. The van der Waals surface area contributed by atoms with Crippen LogP contribution in [0.25, 0.3) is 0 Å². The summed E-state index contributed by atoms with van der Waals surface area (Å²) in [7, 11) is -3.74. The zero-order valence-corrected chi connectivity index (χ0v) is 18.4. The molecule has 2 aromatic carbocycles. The van der Waals surface area contributed by atoms with E-state index < -0.39 is 27.7 Å². The molecule has 1 saturated heterocycles. The second-order valence-corrected chi connectivity index (χ2v) is 9.41. The normalized spacial score (nSPS) is 15.1. The van der Waals surface area contributed by atoms with Crippen molar-refractivity contribution in [2.45, 2.75) is 24.3 Å². The number of carbonyl (C=O) groups is 2. The number of nitrogens with two attached hydrogens (primary N) is 1. The van der Waals surface area contributed by atoms with E-state index in [1.165, 1.54) is 28.6 Å². The third-order valence-electron chi connectivity index (χ3n) is 5.39. The molecule has 0 spiro atoms. The van der Waals surface area contributed by atoms with Crippen LogP contribution >= 0.6 is 0 Å². The number of anilines is 1. The van der Waals surface area contributed by atoms with Crippen LogP contribution < -0.4 is 16.1 Å². The Balaban J connectivity index is 1.71. The first kappa shape index (κ1) is 24.6. The fraction of sp³-hybridized carbons (Fsp3) is 0.333. The van der Waals surface area contributed by atoms with E-state index in [1.54, 1.807) is 0 Å². The smallest absolute Gasteiger partial charge is 0.335 e. The summed E-state index contributed by atoms with van der Waals surface area (Å²) in [6.07, 6.45) is 1.36. The van der Waals surface area contributed by atoms with Gasteiger partial charge in [0.2, 0.25) is 10.0 Å². The van der Waals surface area contributed by atoms with E-state index in [4.69, 9.17) is 10.6 Å². The summed E-state index contributed by atoms with van der Waals surface area (Å²) in [5, 5.41) is 2.89. The highest BCUT2D eigenvalue weighted by atomic mass is 32.2. The molecular weight excluding hydrogens is 458 g/mol. The van der Waals surface area contributed by atoms with Gasteiger partial charge in [-0.1, -0.05) is 0 Å². The Hall–Kier alpha value is -3.09. The lowest BCUT2D eigenvalue weighted by molar-refractivity contribution is -0.128. The highest BCUT2D eigenvalue weighted by Crippen LogP contribution is 2.25. The van der Waals surface area contributed by atoms with Gasteiger partial charge in [-0.2, -0.15) is 4.31 Å². The van der Waals surface area contributed by atoms with Crippen molar-refractivity contribution in [3.05, 3.63) is 59.7 Å². The zero-order chi connectivity index (χ0) is 24.0. The molecule has 0 radical (unpaired) electrons. The van der Waals surface area contributed by atoms with Crippen LogP contribution in [0.2, 0.25) is 0 Å². The Morgan fingerprint density at radius 3 is 2.45 bits per heavy atom. The van der Waals surface area contributed by atoms with E-state index in [0.717, 1.165) is 18.2 Å². The van der Waals surface area contributed by atoms with Gasteiger partial charge in [-0.15, -0.1) is 5.06 Å². The van der Waals surface area contributed by atoms with Gasteiger partial charge in [0.15, 0.2) is 0 Å². The Morgan fingerprint density at radius 1 is 1.18 bits per heavy atom. The van der Waals surface area contributed by atoms with Crippen molar-refractivity contribution in [2.24, 2.45) is 11.7 Å². The molecule has 0 aromatic heterocycles. The molecule has 0 aliphatic carbocycles. The number of piperidine rings is 1. The number of hydrogen-bond acceptors (Lipinski definition) is 6. The number of rotatable bonds is 8. The van der Waals surface area contributed by atoms with Gasteiger partial charge in [0, 0.05) is 25.2 Å². The van der Waals surface area contributed by atoms with E-state index in [2.05, 4.69) is 5.32 Å². The van der Waals surface area contributed by atoms with Gasteiger partial charge in [-0.05, 0) is 67.8 Å². The van der Waals surface area contributed by atoms with E-state index in [1.807, 2.05) is 0 Å². The molecule has 3 N–H and O–H groups in total. The van der Waals surface area contributed by atoms with Gasteiger partial charge in [0.1, 0.15) is 11.6 Å². The first-order valence-corrected chi connectivity index (χ1v) is 11.6. The highest BCUT2D eigenvalue weighted by molar-refractivity contribution is 7.89. The average Bonchev–Trinajstić information content (AvgIpc) is 2.83. The van der Waals surface area contributed by atoms with E-state index in [0.29, 0.717) is 43.5 Å². The summed E-state index contributed by atoms with van der Waals surface area (Å²) in [6, 6.07) is 7.03. The van der Waals surface area contributed by atoms with E-state index in [9.17, 15) is 26.8 Å². The molecule has 2 aromatic rings. The number of hydroxylamine groups is 1. The largest absolute Gasteiger partial charge is 0.355 e. The molecule has 3 rings (SSSR count). The van der Waals surface area contributed by atoms with Gasteiger partial charge >= 0.3 is 12.5 Å². The zero-order valence-electron chi connectivity index (χ0n) is 17.6. The van der Waals surface area contributed by atoms with E-state index in [-0.39, 0.29) is 29.2 Å². The molecule has 12 heteroatoms. The monoisotopic (exact) mass is 482 g/mol. The standard InChI is InChI=1S/C21H24F2N4O5S/c22-17-1-6-20(23)16(11-17)13-25-21(29)27(32-14-28)18-2-4-19(5-3-18)33(30,31)26-9-7-15(12-24)8-10-26/h1-6,11,14-15H,7-10,12-13,24H2,(H,25,29). The lowest BCUT2D eigenvalue weighted by Gasteiger charge is -2.30. The van der Waals surface area contributed by atoms with Gasteiger partial charge in [-0.3, -0.25) is 4.79 Å². The van der Waals surface area contributed by atoms with Gasteiger partial charge in [0.05, 0.1) is 10.6 Å². The minimum atomic E-state index is -3.74. The average molecular weight is 483 g/mol. The predicted octanol–water partition coefficient (Wildman–Crippen LogP) is 2.13.